The number of nitrogens with one attached hydrogen (secondary N) is 1. The lowest BCUT2D eigenvalue weighted by atomic mass is 9.76. The lowest BCUT2D eigenvalue weighted by molar-refractivity contribution is 0.219. The molecule has 1 nitrogen and oxygen atoms in total. The second-order valence-corrected chi connectivity index (χ2v) is 7.42. The van der Waals surface area contributed by atoms with Crippen molar-refractivity contribution in [3.05, 3.63) is 33.4 Å². The third kappa shape index (κ3) is 4.45. The van der Waals surface area contributed by atoms with Gasteiger partial charge in [-0.3, -0.25) is 0 Å². The van der Waals surface area contributed by atoms with E-state index in [0.717, 1.165) is 18.4 Å². The first-order valence-corrected chi connectivity index (χ1v) is 9.31. The van der Waals surface area contributed by atoms with E-state index >= 15 is 0 Å². The van der Waals surface area contributed by atoms with Crippen molar-refractivity contribution in [2.75, 3.05) is 6.54 Å². The molecule has 0 aromatic heterocycles. The SMILES string of the molecule is CCCNC(c1cccc(I)c1)C1CCC(CC)CC1. The van der Waals surface area contributed by atoms with Crippen LogP contribution in [-0.4, -0.2) is 6.54 Å². The van der Waals surface area contributed by atoms with Gasteiger partial charge in [0.05, 0.1) is 0 Å². The van der Waals surface area contributed by atoms with E-state index in [4.69, 9.17) is 0 Å². The van der Waals surface area contributed by atoms with Gasteiger partial charge in [0.1, 0.15) is 0 Å². The molecule has 1 aromatic rings. The first-order chi connectivity index (χ1) is 9.74. The van der Waals surface area contributed by atoms with Crippen LogP contribution in [0.2, 0.25) is 0 Å². The summed E-state index contributed by atoms with van der Waals surface area (Å²) in [6.07, 6.45) is 8.22. The molecule has 0 spiro atoms. The molecule has 2 rings (SSSR count). The summed E-state index contributed by atoms with van der Waals surface area (Å²) >= 11 is 2.43. The van der Waals surface area contributed by atoms with E-state index in [0.29, 0.717) is 6.04 Å². The smallest absolute Gasteiger partial charge is 0.0349 e. The molecule has 1 atom stereocenters. The highest BCUT2D eigenvalue weighted by atomic mass is 127. The maximum atomic E-state index is 3.81. The molecule has 0 heterocycles. The normalized spacial score (nSPS) is 24.6. The molecule has 1 unspecified atom stereocenters. The fourth-order valence-corrected chi connectivity index (χ4v) is 4.05. The highest BCUT2D eigenvalue weighted by Gasteiger charge is 2.27. The number of hydrogen-bond acceptors (Lipinski definition) is 1. The third-order valence-corrected chi connectivity index (χ3v) is 5.43. The van der Waals surface area contributed by atoms with Crippen molar-refractivity contribution < 1.29 is 0 Å². The van der Waals surface area contributed by atoms with Crippen molar-refractivity contribution in [1.82, 2.24) is 5.32 Å². The molecule has 20 heavy (non-hydrogen) atoms. The van der Waals surface area contributed by atoms with Crippen LogP contribution in [0.15, 0.2) is 24.3 Å². The van der Waals surface area contributed by atoms with Crippen LogP contribution in [0.5, 0.6) is 0 Å². The second kappa shape index (κ2) is 8.38. The van der Waals surface area contributed by atoms with Crippen molar-refractivity contribution in [3.63, 3.8) is 0 Å². The second-order valence-electron chi connectivity index (χ2n) is 6.18. The van der Waals surface area contributed by atoms with Crippen LogP contribution < -0.4 is 5.32 Å². The Morgan fingerprint density at radius 3 is 2.55 bits per heavy atom. The molecule has 0 bridgehead atoms. The minimum atomic E-state index is 0.558. The topological polar surface area (TPSA) is 12.0 Å². The van der Waals surface area contributed by atoms with Crippen LogP contribution in [0.4, 0.5) is 0 Å². The van der Waals surface area contributed by atoms with E-state index in [-0.39, 0.29) is 0 Å². The Bertz CT molecular complexity index is 396. The van der Waals surface area contributed by atoms with Gasteiger partial charge in [0.2, 0.25) is 0 Å². The maximum absolute atomic E-state index is 3.81. The Labute approximate surface area is 138 Å². The van der Waals surface area contributed by atoms with Gasteiger partial charge >= 0.3 is 0 Å². The Morgan fingerprint density at radius 1 is 1.20 bits per heavy atom. The van der Waals surface area contributed by atoms with Gasteiger partial charge in [0, 0.05) is 9.61 Å². The molecular formula is C18H28IN. The molecule has 1 saturated carbocycles. The number of benzene rings is 1. The third-order valence-electron chi connectivity index (χ3n) is 4.76. The van der Waals surface area contributed by atoms with Crippen LogP contribution in [0.25, 0.3) is 0 Å². The summed E-state index contributed by atoms with van der Waals surface area (Å²) in [5.41, 5.74) is 1.49. The van der Waals surface area contributed by atoms with Crippen molar-refractivity contribution in [3.8, 4) is 0 Å². The minimum Gasteiger partial charge on any atom is -0.310 e. The zero-order chi connectivity index (χ0) is 14.4. The Balaban J connectivity index is 2.07. The summed E-state index contributed by atoms with van der Waals surface area (Å²) in [5.74, 6) is 1.80. The van der Waals surface area contributed by atoms with E-state index in [2.05, 4.69) is 66.0 Å². The molecule has 0 radical (unpaired) electrons. The molecule has 1 fully saturated rings. The van der Waals surface area contributed by atoms with E-state index in [9.17, 15) is 0 Å². The average molecular weight is 385 g/mol. The van der Waals surface area contributed by atoms with Gasteiger partial charge in [-0.1, -0.05) is 45.2 Å². The minimum absolute atomic E-state index is 0.558. The summed E-state index contributed by atoms with van der Waals surface area (Å²) in [6, 6.07) is 9.62. The van der Waals surface area contributed by atoms with Gasteiger partial charge in [-0.2, -0.15) is 0 Å². The Morgan fingerprint density at radius 2 is 1.95 bits per heavy atom. The summed E-state index contributed by atoms with van der Waals surface area (Å²) in [5, 5.41) is 3.81. The zero-order valence-electron chi connectivity index (χ0n) is 12.9. The predicted molar refractivity (Wildman–Crippen MR) is 95.9 cm³/mol. The van der Waals surface area contributed by atoms with Crippen molar-refractivity contribution in [2.24, 2.45) is 11.8 Å². The van der Waals surface area contributed by atoms with Gasteiger partial charge < -0.3 is 5.32 Å². The molecule has 112 valence electrons. The predicted octanol–water partition coefficient (Wildman–Crippen LogP) is 5.55. The monoisotopic (exact) mass is 385 g/mol. The van der Waals surface area contributed by atoms with Crippen molar-refractivity contribution in [2.45, 2.75) is 58.4 Å². The van der Waals surface area contributed by atoms with Gasteiger partial charge in [-0.25, -0.2) is 0 Å². The average Bonchev–Trinajstić information content (AvgIpc) is 2.48. The molecule has 2 heteroatoms. The Hall–Kier alpha value is -0.0900. The molecule has 1 aliphatic carbocycles. The van der Waals surface area contributed by atoms with Gasteiger partial charge in [0.25, 0.3) is 0 Å². The summed E-state index contributed by atoms with van der Waals surface area (Å²) < 4.78 is 1.35. The first kappa shape index (κ1) is 16.3. The van der Waals surface area contributed by atoms with E-state index < -0.39 is 0 Å². The highest BCUT2D eigenvalue weighted by molar-refractivity contribution is 14.1. The van der Waals surface area contributed by atoms with E-state index in [1.165, 1.54) is 47.7 Å². The van der Waals surface area contributed by atoms with E-state index in [1.54, 1.807) is 0 Å². The standard InChI is InChI=1S/C18H28IN/c1-3-12-20-18(16-6-5-7-17(19)13-16)15-10-8-14(4-2)9-11-15/h5-7,13-15,18,20H,3-4,8-12H2,1-2H3. The summed E-state index contributed by atoms with van der Waals surface area (Å²) in [4.78, 5) is 0. The fourth-order valence-electron chi connectivity index (χ4n) is 3.49. The summed E-state index contributed by atoms with van der Waals surface area (Å²) in [7, 11) is 0. The van der Waals surface area contributed by atoms with Crippen LogP contribution >= 0.6 is 22.6 Å². The van der Waals surface area contributed by atoms with Gasteiger partial charge in [-0.05, 0) is 77.9 Å². The molecule has 1 aliphatic rings. The first-order valence-electron chi connectivity index (χ1n) is 8.23. The molecule has 0 amide bonds. The van der Waals surface area contributed by atoms with Crippen LogP contribution in [0, 0.1) is 15.4 Å². The van der Waals surface area contributed by atoms with E-state index in [1.807, 2.05) is 0 Å². The Kier molecular flexibility index (Phi) is 6.82. The van der Waals surface area contributed by atoms with Crippen molar-refractivity contribution >= 4 is 22.6 Å². The molecule has 0 aliphatic heterocycles. The lowest BCUT2D eigenvalue weighted by Crippen LogP contribution is -2.31. The lowest BCUT2D eigenvalue weighted by Gasteiger charge is -2.34. The largest absolute Gasteiger partial charge is 0.310 e. The maximum Gasteiger partial charge on any atom is 0.0349 e. The number of hydrogen-bond donors (Lipinski definition) is 1. The summed E-state index contributed by atoms with van der Waals surface area (Å²) in [6.45, 7) is 5.73. The molecule has 1 aromatic carbocycles. The number of rotatable bonds is 6. The van der Waals surface area contributed by atoms with Crippen LogP contribution in [0.1, 0.15) is 64.0 Å². The van der Waals surface area contributed by atoms with Gasteiger partial charge in [-0.15, -0.1) is 0 Å². The zero-order valence-corrected chi connectivity index (χ0v) is 15.0. The quantitative estimate of drug-likeness (QED) is 0.634. The van der Waals surface area contributed by atoms with Crippen LogP contribution in [0.3, 0.4) is 0 Å². The molecule has 0 saturated heterocycles. The van der Waals surface area contributed by atoms with Crippen LogP contribution in [-0.2, 0) is 0 Å². The van der Waals surface area contributed by atoms with Crippen molar-refractivity contribution in [1.29, 1.82) is 0 Å². The molecular weight excluding hydrogens is 357 g/mol. The van der Waals surface area contributed by atoms with Gasteiger partial charge in [0.15, 0.2) is 0 Å². The highest BCUT2D eigenvalue weighted by Crippen LogP contribution is 2.38. The fraction of sp³-hybridized carbons (Fsp3) is 0.667. The molecule has 1 N–H and O–H groups in total. The number of halogens is 1.